The summed E-state index contributed by atoms with van der Waals surface area (Å²) in [5.74, 6) is 0.978. The van der Waals surface area contributed by atoms with E-state index in [0.29, 0.717) is 12.1 Å². The van der Waals surface area contributed by atoms with Gasteiger partial charge in [0.1, 0.15) is 0 Å². The number of hydrogen-bond acceptors (Lipinski definition) is 2. The van der Waals surface area contributed by atoms with Gasteiger partial charge in [0.05, 0.1) is 12.6 Å². The topological polar surface area (TPSA) is 39.7 Å². The van der Waals surface area contributed by atoms with Gasteiger partial charge in [-0.15, -0.1) is 0 Å². The fourth-order valence-corrected chi connectivity index (χ4v) is 3.19. The lowest BCUT2D eigenvalue weighted by atomic mass is 10.0. The lowest BCUT2D eigenvalue weighted by Crippen LogP contribution is -2.39. The molecule has 1 atom stereocenters. The first-order chi connectivity index (χ1) is 11.3. The van der Waals surface area contributed by atoms with Crippen LogP contribution in [0.3, 0.4) is 0 Å². The van der Waals surface area contributed by atoms with E-state index in [4.69, 9.17) is 4.99 Å². The molecule has 0 aromatic heterocycles. The van der Waals surface area contributed by atoms with Crippen molar-refractivity contribution in [3.8, 4) is 0 Å². The van der Waals surface area contributed by atoms with Crippen LogP contribution in [-0.4, -0.2) is 43.1 Å². The number of aryl methyl sites for hydroxylation is 1. The maximum absolute atomic E-state index is 4.89. The van der Waals surface area contributed by atoms with Crippen molar-refractivity contribution in [2.45, 2.75) is 51.6 Å². The summed E-state index contributed by atoms with van der Waals surface area (Å²) >= 11 is 0. The summed E-state index contributed by atoms with van der Waals surface area (Å²) in [4.78, 5) is 7.48. The Morgan fingerprint density at radius 2 is 1.91 bits per heavy atom. The van der Waals surface area contributed by atoms with E-state index in [9.17, 15) is 0 Å². The van der Waals surface area contributed by atoms with Gasteiger partial charge in [0.25, 0.3) is 0 Å². The van der Waals surface area contributed by atoms with Crippen molar-refractivity contribution >= 4 is 5.96 Å². The largest absolute Gasteiger partial charge is 0.357 e. The van der Waals surface area contributed by atoms with Crippen molar-refractivity contribution in [2.24, 2.45) is 4.99 Å². The molecule has 1 aromatic carbocycles. The number of likely N-dealkylation sites (tertiary alicyclic amines) is 1. The maximum Gasteiger partial charge on any atom is 0.191 e. The highest BCUT2D eigenvalue weighted by atomic mass is 15.2. The molecule has 0 radical (unpaired) electrons. The van der Waals surface area contributed by atoms with Crippen LogP contribution in [0.15, 0.2) is 29.3 Å². The quantitative estimate of drug-likeness (QED) is 0.626. The molecule has 0 bridgehead atoms. The van der Waals surface area contributed by atoms with E-state index in [1.807, 2.05) is 0 Å². The van der Waals surface area contributed by atoms with Crippen LogP contribution in [-0.2, 0) is 0 Å². The molecule has 3 rings (SSSR count). The molecule has 1 aromatic rings. The molecule has 1 saturated carbocycles. The average molecular weight is 314 g/mol. The fraction of sp³-hybridized carbons (Fsp3) is 0.632. The zero-order valence-electron chi connectivity index (χ0n) is 14.5. The summed E-state index contributed by atoms with van der Waals surface area (Å²) < 4.78 is 0. The SMILES string of the molecule is CCNC(=NCC(c1ccc(C)cc1)N1CCCC1)NC1CC1. The highest BCUT2D eigenvalue weighted by molar-refractivity contribution is 5.80. The van der Waals surface area contributed by atoms with Gasteiger partial charge in [-0.2, -0.15) is 0 Å². The van der Waals surface area contributed by atoms with Gasteiger partial charge in [-0.25, -0.2) is 0 Å². The Hall–Kier alpha value is -1.55. The van der Waals surface area contributed by atoms with Crippen LogP contribution in [0.5, 0.6) is 0 Å². The number of benzene rings is 1. The van der Waals surface area contributed by atoms with Gasteiger partial charge in [0.2, 0.25) is 0 Å². The van der Waals surface area contributed by atoms with E-state index in [0.717, 1.165) is 19.0 Å². The molecule has 0 spiro atoms. The van der Waals surface area contributed by atoms with E-state index in [1.54, 1.807) is 0 Å². The molecule has 2 fully saturated rings. The minimum atomic E-state index is 0.396. The number of aliphatic imine (C=N–C) groups is 1. The third kappa shape index (κ3) is 4.71. The Balaban J connectivity index is 1.72. The molecule has 1 aliphatic heterocycles. The van der Waals surface area contributed by atoms with Gasteiger partial charge in [0, 0.05) is 12.6 Å². The van der Waals surface area contributed by atoms with Crippen molar-refractivity contribution in [1.29, 1.82) is 0 Å². The molecule has 1 aliphatic carbocycles. The Morgan fingerprint density at radius 1 is 1.22 bits per heavy atom. The third-order valence-corrected chi connectivity index (χ3v) is 4.73. The number of rotatable bonds is 6. The Morgan fingerprint density at radius 3 is 2.52 bits per heavy atom. The molecule has 2 N–H and O–H groups in total. The summed E-state index contributed by atoms with van der Waals surface area (Å²) in [7, 11) is 0. The summed E-state index contributed by atoms with van der Waals surface area (Å²) in [6, 6.07) is 10.0. The zero-order chi connectivity index (χ0) is 16.1. The molecule has 2 aliphatic rings. The first-order valence-corrected chi connectivity index (χ1v) is 9.11. The van der Waals surface area contributed by atoms with Gasteiger partial charge >= 0.3 is 0 Å². The third-order valence-electron chi connectivity index (χ3n) is 4.73. The highest BCUT2D eigenvalue weighted by Gasteiger charge is 2.25. The lowest BCUT2D eigenvalue weighted by Gasteiger charge is -2.27. The van der Waals surface area contributed by atoms with E-state index >= 15 is 0 Å². The zero-order valence-corrected chi connectivity index (χ0v) is 14.5. The van der Waals surface area contributed by atoms with Crippen LogP contribution in [0.2, 0.25) is 0 Å². The van der Waals surface area contributed by atoms with Crippen LogP contribution < -0.4 is 10.6 Å². The van der Waals surface area contributed by atoms with Gasteiger partial charge in [0.15, 0.2) is 5.96 Å². The van der Waals surface area contributed by atoms with E-state index < -0.39 is 0 Å². The van der Waals surface area contributed by atoms with E-state index in [1.165, 1.54) is 49.9 Å². The van der Waals surface area contributed by atoms with Gasteiger partial charge in [-0.05, 0) is 58.2 Å². The molecule has 126 valence electrons. The van der Waals surface area contributed by atoms with Crippen LogP contribution >= 0.6 is 0 Å². The number of nitrogens with one attached hydrogen (secondary N) is 2. The molecule has 23 heavy (non-hydrogen) atoms. The minimum absolute atomic E-state index is 0.396. The molecule has 4 heteroatoms. The molecule has 1 heterocycles. The molecule has 0 amide bonds. The Labute approximate surface area is 140 Å². The smallest absolute Gasteiger partial charge is 0.191 e. The number of hydrogen-bond donors (Lipinski definition) is 2. The van der Waals surface area contributed by atoms with Crippen LogP contribution in [0.25, 0.3) is 0 Å². The van der Waals surface area contributed by atoms with Crippen LogP contribution in [0.4, 0.5) is 0 Å². The molecule has 1 saturated heterocycles. The van der Waals surface area contributed by atoms with Crippen LogP contribution in [0, 0.1) is 6.92 Å². The molecule has 1 unspecified atom stereocenters. The Bertz CT molecular complexity index is 513. The van der Waals surface area contributed by atoms with Crippen molar-refractivity contribution < 1.29 is 0 Å². The summed E-state index contributed by atoms with van der Waals surface area (Å²) in [5, 5.41) is 6.90. The van der Waals surface area contributed by atoms with Crippen molar-refractivity contribution in [1.82, 2.24) is 15.5 Å². The molecular formula is C19H30N4. The number of guanidine groups is 1. The summed E-state index contributed by atoms with van der Waals surface area (Å²) in [6.45, 7) is 8.40. The second-order valence-corrected chi connectivity index (χ2v) is 6.81. The van der Waals surface area contributed by atoms with Gasteiger partial charge in [-0.3, -0.25) is 9.89 Å². The molecule has 4 nitrogen and oxygen atoms in total. The summed E-state index contributed by atoms with van der Waals surface area (Å²) in [5.41, 5.74) is 2.71. The van der Waals surface area contributed by atoms with Crippen molar-refractivity contribution in [2.75, 3.05) is 26.2 Å². The minimum Gasteiger partial charge on any atom is -0.357 e. The summed E-state index contributed by atoms with van der Waals surface area (Å²) in [6.07, 6.45) is 5.18. The monoisotopic (exact) mass is 314 g/mol. The second kappa shape index (κ2) is 7.82. The van der Waals surface area contributed by atoms with Gasteiger partial charge < -0.3 is 10.6 Å². The van der Waals surface area contributed by atoms with Gasteiger partial charge in [-0.1, -0.05) is 29.8 Å². The van der Waals surface area contributed by atoms with Crippen LogP contribution in [0.1, 0.15) is 49.8 Å². The predicted molar refractivity (Wildman–Crippen MR) is 96.9 cm³/mol. The van der Waals surface area contributed by atoms with E-state index in [-0.39, 0.29) is 0 Å². The normalized spacial score (nSPS) is 20.5. The molecular weight excluding hydrogens is 284 g/mol. The first kappa shape index (κ1) is 16.3. The second-order valence-electron chi connectivity index (χ2n) is 6.81. The van der Waals surface area contributed by atoms with Crippen molar-refractivity contribution in [3.05, 3.63) is 35.4 Å². The standard InChI is InChI=1S/C19H30N4/c1-3-20-19(22-17-10-11-17)21-14-18(23-12-4-5-13-23)16-8-6-15(2)7-9-16/h6-9,17-18H,3-5,10-14H2,1-2H3,(H2,20,21,22). The maximum atomic E-state index is 4.89. The average Bonchev–Trinajstić information content (AvgIpc) is 3.20. The predicted octanol–water partition coefficient (Wildman–Crippen LogP) is 2.85. The first-order valence-electron chi connectivity index (χ1n) is 9.11. The van der Waals surface area contributed by atoms with E-state index in [2.05, 4.69) is 53.6 Å². The lowest BCUT2D eigenvalue weighted by molar-refractivity contribution is 0.251. The fourth-order valence-electron chi connectivity index (χ4n) is 3.19. The Kier molecular flexibility index (Phi) is 5.55. The number of nitrogens with zero attached hydrogens (tertiary/aromatic N) is 2. The van der Waals surface area contributed by atoms with Crippen molar-refractivity contribution in [3.63, 3.8) is 0 Å². The highest BCUT2D eigenvalue weighted by Crippen LogP contribution is 2.26.